The molecule has 1 aliphatic heterocycles. The Morgan fingerprint density at radius 3 is 2.89 bits per heavy atom. The summed E-state index contributed by atoms with van der Waals surface area (Å²) in [5, 5.41) is 2.64. The fourth-order valence-electron chi connectivity index (χ4n) is 1.63. The van der Waals surface area contributed by atoms with Gasteiger partial charge >= 0.3 is 6.03 Å². The number of amides is 2. The van der Waals surface area contributed by atoms with Gasteiger partial charge in [-0.15, -0.1) is 0 Å². The van der Waals surface area contributed by atoms with Gasteiger partial charge in [-0.25, -0.2) is 9.18 Å². The van der Waals surface area contributed by atoms with Gasteiger partial charge in [-0.2, -0.15) is 4.39 Å². The van der Waals surface area contributed by atoms with Gasteiger partial charge in [0, 0.05) is 17.6 Å². The molecule has 4 nitrogen and oxygen atoms in total. The molecule has 0 atom stereocenters. The number of halogens is 3. The van der Waals surface area contributed by atoms with Gasteiger partial charge in [0.15, 0.2) is 11.6 Å². The number of rotatable bonds is 4. The molecular formula is C11H11BrF2N2O2. The Morgan fingerprint density at radius 2 is 2.22 bits per heavy atom. The molecule has 98 valence electrons. The molecule has 1 aliphatic rings. The molecule has 1 N–H and O–H groups in total. The van der Waals surface area contributed by atoms with E-state index >= 15 is 0 Å². The first-order valence-electron chi connectivity index (χ1n) is 5.38. The van der Waals surface area contributed by atoms with Crippen molar-refractivity contribution in [2.24, 2.45) is 0 Å². The average Bonchev–Trinajstić information content (AvgIpc) is 2.71. The summed E-state index contributed by atoms with van der Waals surface area (Å²) in [6.07, 6.45) is 0. The molecular weight excluding hydrogens is 310 g/mol. The molecule has 1 aromatic rings. The van der Waals surface area contributed by atoms with Crippen LogP contribution in [-0.4, -0.2) is 37.2 Å². The smallest absolute Gasteiger partial charge is 0.317 e. The van der Waals surface area contributed by atoms with Crippen LogP contribution in [-0.2, 0) is 0 Å². The summed E-state index contributed by atoms with van der Waals surface area (Å²) in [6, 6.07) is 2.21. The van der Waals surface area contributed by atoms with Crippen molar-refractivity contribution in [3.05, 3.63) is 28.2 Å². The lowest BCUT2D eigenvalue weighted by molar-refractivity contribution is 0.200. The van der Waals surface area contributed by atoms with Crippen molar-refractivity contribution in [3.8, 4) is 5.75 Å². The minimum absolute atomic E-state index is 0.111. The Hall–Kier alpha value is -1.37. The van der Waals surface area contributed by atoms with E-state index < -0.39 is 11.6 Å². The number of urea groups is 1. The molecule has 1 heterocycles. The SMILES string of the molecule is O=C1NCCN1CCOc1cc(Br)cc(F)c1F. The first-order chi connectivity index (χ1) is 8.58. The zero-order chi connectivity index (χ0) is 13.1. The van der Waals surface area contributed by atoms with Crippen molar-refractivity contribution in [3.63, 3.8) is 0 Å². The van der Waals surface area contributed by atoms with Crippen LogP contribution < -0.4 is 10.1 Å². The van der Waals surface area contributed by atoms with E-state index in [2.05, 4.69) is 21.2 Å². The van der Waals surface area contributed by atoms with E-state index in [1.807, 2.05) is 0 Å². The predicted octanol–water partition coefficient (Wildman–Crippen LogP) is 2.13. The lowest BCUT2D eigenvalue weighted by Gasteiger charge is -2.15. The van der Waals surface area contributed by atoms with Crippen LogP contribution in [0, 0.1) is 11.6 Å². The second-order valence-electron chi connectivity index (χ2n) is 3.77. The van der Waals surface area contributed by atoms with Crippen LogP contribution in [0.2, 0.25) is 0 Å². The third-order valence-electron chi connectivity index (χ3n) is 2.52. The lowest BCUT2D eigenvalue weighted by Crippen LogP contribution is -2.31. The van der Waals surface area contributed by atoms with Crippen molar-refractivity contribution in [1.82, 2.24) is 10.2 Å². The molecule has 0 spiro atoms. The highest BCUT2D eigenvalue weighted by Crippen LogP contribution is 2.25. The minimum atomic E-state index is -1.02. The zero-order valence-corrected chi connectivity index (χ0v) is 11.0. The van der Waals surface area contributed by atoms with Gasteiger partial charge < -0.3 is 15.0 Å². The number of hydrogen-bond donors (Lipinski definition) is 1. The third kappa shape index (κ3) is 2.90. The summed E-state index contributed by atoms with van der Waals surface area (Å²) in [5.74, 6) is -2.16. The highest BCUT2D eigenvalue weighted by Gasteiger charge is 2.19. The van der Waals surface area contributed by atoms with Crippen LogP contribution in [0.1, 0.15) is 0 Å². The van der Waals surface area contributed by atoms with Gasteiger partial charge in [0.05, 0.1) is 6.54 Å². The van der Waals surface area contributed by atoms with Gasteiger partial charge in [0.25, 0.3) is 0 Å². The summed E-state index contributed by atoms with van der Waals surface area (Å²) >= 11 is 3.05. The van der Waals surface area contributed by atoms with Crippen LogP contribution in [0.25, 0.3) is 0 Å². The van der Waals surface area contributed by atoms with E-state index in [0.29, 0.717) is 24.1 Å². The number of nitrogens with zero attached hydrogens (tertiary/aromatic N) is 1. The largest absolute Gasteiger partial charge is 0.489 e. The van der Waals surface area contributed by atoms with E-state index in [0.717, 1.165) is 6.07 Å². The average molecular weight is 321 g/mol. The number of carbonyl (C=O) groups is 1. The Balaban J connectivity index is 1.92. The molecule has 1 saturated heterocycles. The van der Waals surface area contributed by atoms with Crippen molar-refractivity contribution >= 4 is 22.0 Å². The summed E-state index contributed by atoms with van der Waals surface area (Å²) < 4.78 is 32.0. The zero-order valence-electron chi connectivity index (χ0n) is 9.38. The molecule has 0 saturated carbocycles. The quantitative estimate of drug-likeness (QED) is 0.863. The van der Waals surface area contributed by atoms with Crippen LogP contribution in [0.3, 0.4) is 0 Å². The van der Waals surface area contributed by atoms with Crippen molar-refractivity contribution < 1.29 is 18.3 Å². The second-order valence-corrected chi connectivity index (χ2v) is 4.68. The Morgan fingerprint density at radius 1 is 1.44 bits per heavy atom. The van der Waals surface area contributed by atoms with E-state index in [4.69, 9.17) is 4.74 Å². The van der Waals surface area contributed by atoms with Crippen LogP contribution in [0.15, 0.2) is 16.6 Å². The molecule has 0 radical (unpaired) electrons. The fraction of sp³-hybridized carbons (Fsp3) is 0.364. The molecule has 7 heteroatoms. The second kappa shape index (κ2) is 5.51. The van der Waals surface area contributed by atoms with Gasteiger partial charge in [-0.05, 0) is 12.1 Å². The maximum absolute atomic E-state index is 13.3. The predicted molar refractivity (Wildman–Crippen MR) is 64.5 cm³/mol. The fourth-order valence-corrected chi connectivity index (χ4v) is 2.04. The number of nitrogens with one attached hydrogen (secondary N) is 1. The van der Waals surface area contributed by atoms with E-state index in [1.54, 1.807) is 4.90 Å². The van der Waals surface area contributed by atoms with Crippen LogP contribution in [0.4, 0.5) is 13.6 Å². The minimum Gasteiger partial charge on any atom is -0.489 e. The summed E-state index contributed by atoms with van der Waals surface area (Å²) in [6.45, 7) is 1.63. The molecule has 2 amide bonds. The molecule has 1 aromatic carbocycles. The standard InChI is InChI=1S/C11H11BrF2N2O2/c12-7-5-8(13)10(14)9(6-7)18-4-3-16-2-1-15-11(16)17/h5-6H,1-4H2,(H,15,17). The highest BCUT2D eigenvalue weighted by atomic mass is 79.9. The van der Waals surface area contributed by atoms with E-state index in [-0.39, 0.29) is 18.4 Å². The maximum atomic E-state index is 13.3. The maximum Gasteiger partial charge on any atom is 0.317 e. The van der Waals surface area contributed by atoms with Crippen molar-refractivity contribution in [1.29, 1.82) is 0 Å². The van der Waals surface area contributed by atoms with E-state index in [1.165, 1.54) is 6.07 Å². The van der Waals surface area contributed by atoms with E-state index in [9.17, 15) is 13.6 Å². The molecule has 1 fully saturated rings. The first kappa shape index (κ1) is 13.1. The summed E-state index contributed by atoms with van der Waals surface area (Å²) in [7, 11) is 0. The van der Waals surface area contributed by atoms with Gasteiger partial charge in [0.2, 0.25) is 5.82 Å². The molecule has 0 aromatic heterocycles. The van der Waals surface area contributed by atoms with Crippen molar-refractivity contribution in [2.75, 3.05) is 26.2 Å². The van der Waals surface area contributed by atoms with Gasteiger partial charge in [-0.3, -0.25) is 0 Å². The monoisotopic (exact) mass is 320 g/mol. The topological polar surface area (TPSA) is 41.6 Å². The normalized spacial score (nSPS) is 14.8. The summed E-state index contributed by atoms with van der Waals surface area (Å²) in [5.41, 5.74) is 0. The molecule has 18 heavy (non-hydrogen) atoms. The Labute approximate surface area is 111 Å². The Bertz CT molecular complexity index is 471. The number of hydrogen-bond acceptors (Lipinski definition) is 2. The number of ether oxygens (including phenoxy) is 1. The van der Waals surface area contributed by atoms with Crippen molar-refractivity contribution in [2.45, 2.75) is 0 Å². The molecule has 0 aliphatic carbocycles. The lowest BCUT2D eigenvalue weighted by atomic mass is 10.3. The van der Waals surface area contributed by atoms with Crippen LogP contribution >= 0.6 is 15.9 Å². The first-order valence-corrected chi connectivity index (χ1v) is 6.17. The number of carbonyl (C=O) groups excluding carboxylic acids is 1. The molecule has 2 rings (SSSR count). The molecule has 0 bridgehead atoms. The highest BCUT2D eigenvalue weighted by molar-refractivity contribution is 9.10. The number of benzene rings is 1. The Kier molecular flexibility index (Phi) is 4.00. The van der Waals surface area contributed by atoms with Gasteiger partial charge in [-0.1, -0.05) is 15.9 Å². The van der Waals surface area contributed by atoms with Crippen LogP contribution in [0.5, 0.6) is 5.75 Å². The summed E-state index contributed by atoms with van der Waals surface area (Å²) in [4.78, 5) is 12.8. The van der Waals surface area contributed by atoms with Gasteiger partial charge in [0.1, 0.15) is 6.61 Å². The molecule has 0 unspecified atom stereocenters. The third-order valence-corrected chi connectivity index (χ3v) is 2.98.